The standard InChI is InChI=1S/C24H25F3N4O3/c1-12-11-31-22(28-12)18(10-19(30-31)14-6-8-15(9-7-14)24(33)34)23(32)29-13(2)16-4-3-5-17(20(16)25)21(26)27/h3-6,10,12-13,15,21H,7-9,11H2,1-2H3,(H,29,32)(H,33,34)/t12-,13-,15?/m1/s1. The first kappa shape index (κ1) is 23.7. The monoisotopic (exact) mass is 474 g/mol. The van der Waals surface area contributed by atoms with Crippen molar-refractivity contribution in [3.8, 4) is 0 Å². The van der Waals surface area contributed by atoms with Crippen molar-refractivity contribution in [3.05, 3.63) is 58.4 Å². The number of allylic oxidation sites excluding steroid dienone is 3. The molecule has 7 nitrogen and oxygen atoms in total. The van der Waals surface area contributed by atoms with E-state index in [9.17, 15) is 27.9 Å². The number of alkyl halides is 2. The van der Waals surface area contributed by atoms with E-state index in [1.807, 2.05) is 13.0 Å². The zero-order chi connectivity index (χ0) is 24.6. The molecule has 0 saturated carbocycles. The molecule has 0 radical (unpaired) electrons. The van der Waals surface area contributed by atoms with E-state index in [4.69, 9.17) is 0 Å². The van der Waals surface area contributed by atoms with Gasteiger partial charge in [-0.15, -0.1) is 0 Å². The van der Waals surface area contributed by atoms with E-state index >= 15 is 0 Å². The maximum absolute atomic E-state index is 14.6. The zero-order valence-electron chi connectivity index (χ0n) is 18.8. The van der Waals surface area contributed by atoms with Crippen LogP contribution in [0.5, 0.6) is 0 Å². The summed E-state index contributed by atoms with van der Waals surface area (Å²) in [4.78, 5) is 29.0. The number of carbonyl (C=O) groups excluding carboxylic acids is 1. The van der Waals surface area contributed by atoms with Crippen LogP contribution in [0.4, 0.5) is 13.2 Å². The van der Waals surface area contributed by atoms with Gasteiger partial charge in [-0.3, -0.25) is 14.6 Å². The largest absolute Gasteiger partial charge is 0.481 e. The minimum atomic E-state index is -2.96. The van der Waals surface area contributed by atoms with Gasteiger partial charge in [0.2, 0.25) is 0 Å². The van der Waals surface area contributed by atoms with Crippen molar-refractivity contribution in [2.75, 3.05) is 6.54 Å². The van der Waals surface area contributed by atoms with Crippen LogP contribution in [0.2, 0.25) is 0 Å². The van der Waals surface area contributed by atoms with Gasteiger partial charge in [0.05, 0.1) is 41.4 Å². The van der Waals surface area contributed by atoms with Crippen LogP contribution in [-0.4, -0.2) is 46.1 Å². The molecule has 0 saturated heterocycles. The van der Waals surface area contributed by atoms with Crippen molar-refractivity contribution in [1.29, 1.82) is 0 Å². The maximum atomic E-state index is 14.6. The van der Waals surface area contributed by atoms with Gasteiger partial charge in [-0.1, -0.05) is 24.3 Å². The van der Waals surface area contributed by atoms with Crippen molar-refractivity contribution in [2.45, 2.75) is 51.6 Å². The molecule has 1 aromatic carbocycles. The Labute approximate surface area is 194 Å². The molecule has 34 heavy (non-hydrogen) atoms. The predicted octanol–water partition coefficient (Wildman–Crippen LogP) is 4.15. The lowest BCUT2D eigenvalue weighted by atomic mass is 9.87. The molecule has 2 heterocycles. The quantitative estimate of drug-likeness (QED) is 0.648. The molecule has 0 fully saturated rings. The van der Waals surface area contributed by atoms with E-state index < -0.39 is 41.6 Å². The van der Waals surface area contributed by atoms with Crippen LogP contribution in [0.25, 0.3) is 0 Å². The maximum Gasteiger partial charge on any atom is 0.306 e. The second kappa shape index (κ2) is 9.44. The Morgan fingerprint density at radius 3 is 2.65 bits per heavy atom. The molecule has 0 bridgehead atoms. The van der Waals surface area contributed by atoms with Gasteiger partial charge in [-0.05, 0) is 44.8 Å². The smallest absolute Gasteiger partial charge is 0.306 e. The number of nitrogens with zero attached hydrogens (tertiary/aromatic N) is 3. The molecular formula is C24H25F3N4O3. The number of hydrogen-bond acceptors (Lipinski definition) is 5. The number of nitrogens with one attached hydrogen (secondary N) is 1. The van der Waals surface area contributed by atoms with Gasteiger partial charge in [0.15, 0.2) is 5.84 Å². The fraction of sp³-hybridized carbons (Fsp3) is 0.417. The second-order valence-electron chi connectivity index (χ2n) is 8.71. The van der Waals surface area contributed by atoms with E-state index in [1.54, 1.807) is 11.1 Å². The number of fused-ring (bicyclic) bond motifs is 1. The minimum absolute atomic E-state index is 0.0373. The zero-order valence-corrected chi connectivity index (χ0v) is 18.8. The highest BCUT2D eigenvalue weighted by atomic mass is 19.3. The van der Waals surface area contributed by atoms with E-state index in [0.29, 0.717) is 37.4 Å². The Kier molecular flexibility index (Phi) is 6.58. The molecule has 3 aliphatic rings. The Morgan fingerprint density at radius 2 is 2.00 bits per heavy atom. The summed E-state index contributed by atoms with van der Waals surface area (Å²) < 4.78 is 40.8. The molecular weight excluding hydrogens is 449 g/mol. The number of amides is 1. The van der Waals surface area contributed by atoms with Crippen LogP contribution in [-0.2, 0) is 9.59 Å². The third kappa shape index (κ3) is 4.62. The normalized spacial score (nSPS) is 22.9. The summed E-state index contributed by atoms with van der Waals surface area (Å²) in [7, 11) is 0. The Balaban J connectivity index is 1.59. The summed E-state index contributed by atoms with van der Waals surface area (Å²) in [6, 6.07) is 2.75. The summed E-state index contributed by atoms with van der Waals surface area (Å²) in [5, 5.41) is 18.2. The molecule has 4 rings (SSSR count). The lowest BCUT2D eigenvalue weighted by Gasteiger charge is -2.26. The molecule has 1 aliphatic carbocycles. The number of carboxylic acids is 1. The van der Waals surface area contributed by atoms with Crippen molar-refractivity contribution < 1.29 is 27.9 Å². The van der Waals surface area contributed by atoms with Crippen LogP contribution in [0.3, 0.4) is 0 Å². The lowest BCUT2D eigenvalue weighted by molar-refractivity contribution is -0.141. The number of hydrazone groups is 1. The lowest BCUT2D eigenvalue weighted by Crippen LogP contribution is -2.38. The summed E-state index contributed by atoms with van der Waals surface area (Å²) in [5.74, 6) is -2.46. The molecule has 1 amide bonds. The van der Waals surface area contributed by atoms with Crippen LogP contribution in [0.1, 0.15) is 56.7 Å². The van der Waals surface area contributed by atoms with Crippen LogP contribution < -0.4 is 5.32 Å². The Hall–Kier alpha value is -3.43. The molecule has 2 N–H and O–H groups in total. The van der Waals surface area contributed by atoms with Gasteiger partial charge in [0, 0.05) is 5.56 Å². The molecule has 2 aliphatic heterocycles. The SMILES string of the molecule is C[C@@H]1CN2N=C(C3=CCC(C(=O)O)CC3)C=C(C(=O)N[C@H](C)c3cccc(C(F)F)c3F)C2=N1. The number of amidine groups is 1. The van der Waals surface area contributed by atoms with E-state index in [2.05, 4.69) is 15.4 Å². The molecule has 180 valence electrons. The topological polar surface area (TPSA) is 94.4 Å². The summed E-state index contributed by atoms with van der Waals surface area (Å²) in [5.41, 5.74) is 0.900. The van der Waals surface area contributed by atoms with Gasteiger partial charge in [-0.25, -0.2) is 18.2 Å². The van der Waals surface area contributed by atoms with Gasteiger partial charge in [0.1, 0.15) is 5.82 Å². The number of hydrogen-bond donors (Lipinski definition) is 2. The van der Waals surface area contributed by atoms with Gasteiger partial charge in [-0.2, -0.15) is 5.10 Å². The molecule has 0 aromatic heterocycles. The fourth-order valence-corrected chi connectivity index (χ4v) is 4.35. The number of carboxylic acid groups (broad SMARTS) is 1. The predicted molar refractivity (Wildman–Crippen MR) is 120 cm³/mol. The average molecular weight is 474 g/mol. The summed E-state index contributed by atoms with van der Waals surface area (Å²) in [6.45, 7) is 3.90. The van der Waals surface area contributed by atoms with E-state index in [1.165, 1.54) is 19.1 Å². The highest BCUT2D eigenvalue weighted by molar-refractivity contribution is 6.28. The number of aliphatic imine (C=N–C) groups is 1. The highest BCUT2D eigenvalue weighted by Crippen LogP contribution is 2.30. The van der Waals surface area contributed by atoms with Gasteiger partial charge in [0.25, 0.3) is 12.3 Å². The molecule has 1 unspecified atom stereocenters. The van der Waals surface area contributed by atoms with Crippen molar-refractivity contribution >= 4 is 23.4 Å². The molecule has 3 atom stereocenters. The Morgan fingerprint density at radius 1 is 1.26 bits per heavy atom. The third-order valence-corrected chi connectivity index (χ3v) is 6.22. The van der Waals surface area contributed by atoms with Crippen LogP contribution in [0.15, 0.2) is 51.6 Å². The molecule has 1 aromatic rings. The van der Waals surface area contributed by atoms with Crippen molar-refractivity contribution in [3.63, 3.8) is 0 Å². The first-order valence-corrected chi connectivity index (χ1v) is 11.1. The summed E-state index contributed by atoms with van der Waals surface area (Å²) in [6.07, 6.45) is 1.85. The fourth-order valence-electron chi connectivity index (χ4n) is 4.35. The number of benzene rings is 1. The van der Waals surface area contributed by atoms with Crippen LogP contribution >= 0.6 is 0 Å². The molecule has 0 spiro atoms. The van der Waals surface area contributed by atoms with E-state index in [0.717, 1.165) is 11.6 Å². The number of halogens is 3. The summed E-state index contributed by atoms with van der Waals surface area (Å²) >= 11 is 0. The number of rotatable bonds is 6. The first-order valence-electron chi connectivity index (χ1n) is 11.1. The number of carbonyl (C=O) groups is 2. The highest BCUT2D eigenvalue weighted by Gasteiger charge is 2.34. The van der Waals surface area contributed by atoms with Crippen LogP contribution in [0, 0.1) is 11.7 Å². The van der Waals surface area contributed by atoms with Crippen molar-refractivity contribution in [2.24, 2.45) is 16.0 Å². The third-order valence-electron chi connectivity index (χ3n) is 6.22. The second-order valence-corrected chi connectivity index (χ2v) is 8.71. The first-order chi connectivity index (χ1) is 16.2. The van der Waals surface area contributed by atoms with Crippen molar-refractivity contribution in [1.82, 2.24) is 10.3 Å². The van der Waals surface area contributed by atoms with Gasteiger partial charge >= 0.3 is 5.97 Å². The Bertz CT molecular complexity index is 1140. The minimum Gasteiger partial charge on any atom is -0.481 e. The molecule has 10 heteroatoms. The van der Waals surface area contributed by atoms with Gasteiger partial charge < -0.3 is 10.4 Å². The average Bonchev–Trinajstić information content (AvgIpc) is 3.18. The van der Waals surface area contributed by atoms with E-state index in [-0.39, 0.29) is 17.2 Å². The number of aliphatic carboxylic acids is 1.